The first-order valence-electron chi connectivity index (χ1n) is 5.24. The van der Waals surface area contributed by atoms with Gasteiger partial charge in [0.2, 0.25) is 0 Å². The SMILES string of the molecule is Cc1ccc(NCC(CC(=O)O)C(=O)O)cc1. The lowest BCUT2D eigenvalue weighted by molar-refractivity contribution is -0.147. The molecule has 1 unspecified atom stereocenters. The molecule has 92 valence electrons. The van der Waals surface area contributed by atoms with Crippen LogP contribution in [0.2, 0.25) is 0 Å². The summed E-state index contributed by atoms with van der Waals surface area (Å²) in [6, 6.07) is 7.45. The smallest absolute Gasteiger partial charge is 0.308 e. The molecule has 0 aromatic heterocycles. The Kier molecular flexibility index (Phi) is 4.51. The molecule has 1 rings (SSSR count). The fraction of sp³-hybridized carbons (Fsp3) is 0.333. The Morgan fingerprint density at radius 2 is 1.82 bits per heavy atom. The summed E-state index contributed by atoms with van der Waals surface area (Å²) in [5.74, 6) is -3.14. The van der Waals surface area contributed by atoms with Gasteiger partial charge in [0.1, 0.15) is 0 Å². The molecule has 0 saturated carbocycles. The first kappa shape index (κ1) is 13.0. The minimum atomic E-state index is -1.11. The van der Waals surface area contributed by atoms with Crippen LogP contribution >= 0.6 is 0 Å². The Hall–Kier alpha value is -2.04. The molecule has 1 aromatic rings. The van der Waals surface area contributed by atoms with Crippen LogP contribution < -0.4 is 5.32 Å². The monoisotopic (exact) mass is 237 g/mol. The number of hydrogen-bond acceptors (Lipinski definition) is 3. The number of anilines is 1. The fourth-order valence-electron chi connectivity index (χ4n) is 1.37. The van der Waals surface area contributed by atoms with Crippen LogP contribution in [-0.2, 0) is 9.59 Å². The Morgan fingerprint density at radius 1 is 1.24 bits per heavy atom. The molecular formula is C12H15NO4. The van der Waals surface area contributed by atoms with Gasteiger partial charge in [-0.2, -0.15) is 0 Å². The third-order valence-corrected chi connectivity index (χ3v) is 2.37. The Labute approximate surface area is 99.1 Å². The average Bonchev–Trinajstić information content (AvgIpc) is 2.25. The van der Waals surface area contributed by atoms with E-state index in [1.807, 2.05) is 31.2 Å². The number of carboxylic acid groups (broad SMARTS) is 2. The van der Waals surface area contributed by atoms with E-state index in [1.54, 1.807) is 0 Å². The van der Waals surface area contributed by atoms with Gasteiger partial charge in [0.15, 0.2) is 0 Å². The number of aryl methyl sites for hydroxylation is 1. The van der Waals surface area contributed by atoms with E-state index in [1.165, 1.54) is 0 Å². The van der Waals surface area contributed by atoms with Crippen LogP contribution in [0.25, 0.3) is 0 Å². The van der Waals surface area contributed by atoms with Crippen molar-refractivity contribution in [3.05, 3.63) is 29.8 Å². The average molecular weight is 237 g/mol. The Morgan fingerprint density at radius 3 is 2.29 bits per heavy atom. The fourth-order valence-corrected chi connectivity index (χ4v) is 1.37. The van der Waals surface area contributed by atoms with Crippen molar-refractivity contribution in [1.29, 1.82) is 0 Å². The second-order valence-electron chi connectivity index (χ2n) is 3.88. The second kappa shape index (κ2) is 5.89. The van der Waals surface area contributed by atoms with Crippen molar-refractivity contribution in [1.82, 2.24) is 0 Å². The van der Waals surface area contributed by atoms with E-state index in [2.05, 4.69) is 5.32 Å². The molecule has 5 nitrogen and oxygen atoms in total. The molecular weight excluding hydrogens is 222 g/mol. The lowest BCUT2D eigenvalue weighted by Gasteiger charge is -2.12. The molecule has 0 heterocycles. The summed E-state index contributed by atoms with van der Waals surface area (Å²) >= 11 is 0. The minimum Gasteiger partial charge on any atom is -0.481 e. The van der Waals surface area contributed by atoms with Crippen LogP contribution in [0.15, 0.2) is 24.3 Å². The number of benzene rings is 1. The first-order chi connectivity index (χ1) is 7.99. The van der Waals surface area contributed by atoms with Crippen molar-refractivity contribution in [3.63, 3.8) is 0 Å². The number of carboxylic acids is 2. The predicted molar refractivity (Wildman–Crippen MR) is 63.0 cm³/mol. The third-order valence-electron chi connectivity index (χ3n) is 2.37. The minimum absolute atomic E-state index is 0.102. The quantitative estimate of drug-likeness (QED) is 0.699. The molecule has 0 aliphatic rings. The number of aliphatic carboxylic acids is 2. The number of hydrogen-bond donors (Lipinski definition) is 3. The molecule has 3 N–H and O–H groups in total. The topological polar surface area (TPSA) is 86.6 Å². The number of rotatable bonds is 6. The molecule has 0 fully saturated rings. The third kappa shape index (κ3) is 4.55. The zero-order chi connectivity index (χ0) is 12.8. The van der Waals surface area contributed by atoms with E-state index in [-0.39, 0.29) is 13.0 Å². The second-order valence-corrected chi connectivity index (χ2v) is 3.88. The largest absolute Gasteiger partial charge is 0.481 e. The van der Waals surface area contributed by atoms with Gasteiger partial charge in [0.05, 0.1) is 12.3 Å². The normalized spacial score (nSPS) is 11.8. The molecule has 17 heavy (non-hydrogen) atoms. The summed E-state index contributed by atoms with van der Waals surface area (Å²) in [6.07, 6.45) is -0.381. The summed E-state index contributed by atoms with van der Waals surface area (Å²) in [4.78, 5) is 21.3. The van der Waals surface area contributed by atoms with Crippen molar-refractivity contribution in [3.8, 4) is 0 Å². The summed E-state index contributed by atoms with van der Waals surface area (Å²) in [5, 5.41) is 20.3. The van der Waals surface area contributed by atoms with Gasteiger partial charge in [-0.05, 0) is 19.1 Å². The van der Waals surface area contributed by atoms with E-state index in [0.717, 1.165) is 11.3 Å². The van der Waals surface area contributed by atoms with Gasteiger partial charge >= 0.3 is 11.9 Å². The van der Waals surface area contributed by atoms with E-state index >= 15 is 0 Å². The lowest BCUT2D eigenvalue weighted by atomic mass is 10.1. The molecule has 0 aliphatic heterocycles. The van der Waals surface area contributed by atoms with Crippen molar-refractivity contribution >= 4 is 17.6 Å². The first-order valence-corrected chi connectivity index (χ1v) is 5.24. The van der Waals surface area contributed by atoms with Crippen LogP contribution in [0, 0.1) is 12.8 Å². The maximum atomic E-state index is 10.8. The van der Waals surface area contributed by atoms with Crippen LogP contribution in [0.3, 0.4) is 0 Å². The van der Waals surface area contributed by atoms with Gasteiger partial charge in [0, 0.05) is 12.2 Å². The molecule has 0 amide bonds. The van der Waals surface area contributed by atoms with Gasteiger partial charge in [-0.1, -0.05) is 17.7 Å². The molecule has 0 bridgehead atoms. The van der Waals surface area contributed by atoms with Gasteiger partial charge in [0.25, 0.3) is 0 Å². The summed E-state index contributed by atoms with van der Waals surface area (Å²) < 4.78 is 0. The highest BCUT2D eigenvalue weighted by Crippen LogP contribution is 2.11. The summed E-state index contributed by atoms with van der Waals surface area (Å²) in [7, 11) is 0. The summed E-state index contributed by atoms with van der Waals surface area (Å²) in [6.45, 7) is 2.05. The standard InChI is InChI=1S/C12H15NO4/c1-8-2-4-10(5-3-8)13-7-9(12(16)17)6-11(14)15/h2-5,9,13H,6-7H2,1H3,(H,14,15)(H,16,17). The molecule has 5 heteroatoms. The number of carbonyl (C=O) groups is 2. The van der Waals surface area contributed by atoms with E-state index in [4.69, 9.17) is 10.2 Å². The van der Waals surface area contributed by atoms with Crippen molar-refractivity contribution in [2.24, 2.45) is 5.92 Å². The summed E-state index contributed by atoms with van der Waals surface area (Å²) in [5.41, 5.74) is 1.89. The Balaban J connectivity index is 2.54. The molecule has 0 spiro atoms. The van der Waals surface area contributed by atoms with Crippen LogP contribution in [0.1, 0.15) is 12.0 Å². The van der Waals surface area contributed by atoms with Gasteiger partial charge in [-0.3, -0.25) is 9.59 Å². The zero-order valence-corrected chi connectivity index (χ0v) is 9.51. The highest BCUT2D eigenvalue weighted by Gasteiger charge is 2.20. The predicted octanol–water partition coefficient (Wildman–Crippen LogP) is 1.58. The van der Waals surface area contributed by atoms with Gasteiger partial charge in [-0.25, -0.2) is 0 Å². The highest BCUT2D eigenvalue weighted by molar-refractivity contribution is 5.78. The van der Waals surface area contributed by atoms with Crippen LogP contribution in [-0.4, -0.2) is 28.7 Å². The maximum Gasteiger partial charge on any atom is 0.308 e. The van der Waals surface area contributed by atoms with Gasteiger partial charge in [-0.15, -0.1) is 0 Å². The van der Waals surface area contributed by atoms with Crippen LogP contribution in [0.4, 0.5) is 5.69 Å². The molecule has 0 saturated heterocycles. The highest BCUT2D eigenvalue weighted by atomic mass is 16.4. The maximum absolute atomic E-state index is 10.8. The van der Waals surface area contributed by atoms with Gasteiger partial charge < -0.3 is 15.5 Å². The molecule has 0 radical (unpaired) electrons. The Bertz CT molecular complexity index is 399. The van der Waals surface area contributed by atoms with E-state index in [9.17, 15) is 9.59 Å². The van der Waals surface area contributed by atoms with Crippen molar-refractivity contribution in [2.45, 2.75) is 13.3 Å². The zero-order valence-electron chi connectivity index (χ0n) is 9.51. The van der Waals surface area contributed by atoms with E-state index in [0.29, 0.717) is 0 Å². The number of nitrogens with one attached hydrogen (secondary N) is 1. The molecule has 1 atom stereocenters. The van der Waals surface area contributed by atoms with E-state index < -0.39 is 17.9 Å². The van der Waals surface area contributed by atoms with Crippen LogP contribution in [0.5, 0.6) is 0 Å². The molecule has 0 aliphatic carbocycles. The van der Waals surface area contributed by atoms with Crippen molar-refractivity contribution in [2.75, 3.05) is 11.9 Å². The van der Waals surface area contributed by atoms with Crippen molar-refractivity contribution < 1.29 is 19.8 Å². The molecule has 1 aromatic carbocycles. The lowest BCUT2D eigenvalue weighted by Crippen LogP contribution is -2.25.